The number of benzene rings is 1. The molecule has 114 valence electrons. The van der Waals surface area contributed by atoms with Crippen molar-refractivity contribution in [1.29, 1.82) is 0 Å². The Morgan fingerprint density at radius 2 is 1.73 bits per heavy atom. The van der Waals surface area contributed by atoms with Crippen molar-refractivity contribution in [2.24, 2.45) is 11.0 Å². The van der Waals surface area contributed by atoms with Crippen molar-refractivity contribution in [2.75, 3.05) is 5.43 Å². The number of nitro benzene ring substituents is 1. The molecular formula is C12H11N5O5. The van der Waals surface area contributed by atoms with Gasteiger partial charge in [0.1, 0.15) is 0 Å². The molecule has 1 saturated heterocycles. The molecule has 3 N–H and O–H groups in total. The number of hydrogen-bond donors (Lipinski definition) is 3. The molecule has 0 bridgehead atoms. The summed E-state index contributed by atoms with van der Waals surface area (Å²) in [4.78, 5) is 44.2. The lowest BCUT2D eigenvalue weighted by Gasteiger charge is -2.20. The van der Waals surface area contributed by atoms with Crippen LogP contribution in [0.15, 0.2) is 29.4 Å². The molecule has 2 rings (SSSR count). The molecular weight excluding hydrogens is 294 g/mol. The summed E-state index contributed by atoms with van der Waals surface area (Å²) in [5.74, 6) is -2.75. The first-order chi connectivity index (χ1) is 10.4. The van der Waals surface area contributed by atoms with Gasteiger partial charge in [0.05, 0.1) is 16.3 Å². The van der Waals surface area contributed by atoms with Gasteiger partial charge in [-0.1, -0.05) is 0 Å². The molecule has 0 atom stereocenters. The zero-order valence-electron chi connectivity index (χ0n) is 11.3. The fourth-order valence-electron chi connectivity index (χ4n) is 1.77. The maximum atomic E-state index is 11.6. The Morgan fingerprint density at radius 1 is 1.18 bits per heavy atom. The van der Waals surface area contributed by atoms with E-state index in [1.54, 1.807) is 0 Å². The van der Waals surface area contributed by atoms with Gasteiger partial charge in [-0.15, -0.1) is 0 Å². The van der Waals surface area contributed by atoms with Crippen LogP contribution in [0.5, 0.6) is 0 Å². The number of non-ortho nitro benzene ring substituents is 1. The van der Waals surface area contributed by atoms with Crippen LogP contribution in [0.4, 0.5) is 16.2 Å². The molecule has 10 nitrogen and oxygen atoms in total. The van der Waals surface area contributed by atoms with E-state index < -0.39 is 28.7 Å². The number of nitrogens with one attached hydrogen (secondary N) is 3. The molecule has 10 heteroatoms. The van der Waals surface area contributed by atoms with Gasteiger partial charge in [-0.05, 0) is 19.1 Å². The predicted molar refractivity (Wildman–Crippen MR) is 75.0 cm³/mol. The standard InChI is InChI=1S/C12H11N5O5/c1-6(9-10(18)13-12(20)14-11(9)19)15-16-7-2-4-8(5-3-7)17(21)22/h2-5,9,16H,1H3,(H2,13,14,18,19,20)/b15-6-. The quantitative estimate of drug-likeness (QED) is 0.317. The third kappa shape index (κ3) is 3.23. The van der Waals surface area contributed by atoms with E-state index >= 15 is 0 Å². The van der Waals surface area contributed by atoms with Crippen LogP contribution in [0, 0.1) is 16.0 Å². The van der Waals surface area contributed by atoms with E-state index in [4.69, 9.17) is 0 Å². The SMILES string of the molecule is C/C(=N/Nc1ccc([N+](=O)[O-])cc1)C1C(=O)NC(=O)NC1=O. The summed E-state index contributed by atoms with van der Waals surface area (Å²) in [5.41, 5.74) is 3.09. The molecule has 0 aliphatic carbocycles. The van der Waals surface area contributed by atoms with Gasteiger partial charge in [0.15, 0.2) is 5.92 Å². The number of hydrazone groups is 1. The van der Waals surface area contributed by atoms with Crippen LogP contribution >= 0.6 is 0 Å². The maximum Gasteiger partial charge on any atom is 0.328 e. The van der Waals surface area contributed by atoms with E-state index in [0.717, 1.165) is 0 Å². The molecule has 4 amide bonds. The lowest BCUT2D eigenvalue weighted by atomic mass is 10.0. The van der Waals surface area contributed by atoms with Crippen molar-refractivity contribution in [1.82, 2.24) is 10.6 Å². The highest BCUT2D eigenvalue weighted by Gasteiger charge is 2.36. The van der Waals surface area contributed by atoms with Crippen molar-refractivity contribution in [2.45, 2.75) is 6.92 Å². The molecule has 22 heavy (non-hydrogen) atoms. The Bertz CT molecular complexity index is 662. The van der Waals surface area contributed by atoms with Gasteiger partial charge in [0.2, 0.25) is 11.8 Å². The molecule has 0 spiro atoms. The van der Waals surface area contributed by atoms with Gasteiger partial charge in [0.25, 0.3) is 5.69 Å². The lowest BCUT2D eigenvalue weighted by molar-refractivity contribution is -0.384. The van der Waals surface area contributed by atoms with E-state index in [0.29, 0.717) is 5.69 Å². The number of nitrogens with zero attached hydrogens (tertiary/aromatic N) is 2. The molecule has 1 heterocycles. The third-order valence-corrected chi connectivity index (χ3v) is 2.86. The van der Waals surface area contributed by atoms with Gasteiger partial charge in [-0.25, -0.2) is 4.79 Å². The number of rotatable bonds is 4. The van der Waals surface area contributed by atoms with E-state index in [-0.39, 0.29) is 11.4 Å². The van der Waals surface area contributed by atoms with Crippen LogP contribution in [0.25, 0.3) is 0 Å². The smallest absolute Gasteiger partial charge is 0.279 e. The Kier molecular flexibility index (Phi) is 4.11. The second kappa shape index (κ2) is 5.99. The lowest BCUT2D eigenvalue weighted by Crippen LogP contribution is -2.57. The molecule has 0 aromatic heterocycles. The second-order valence-electron chi connectivity index (χ2n) is 4.41. The topological polar surface area (TPSA) is 143 Å². The van der Waals surface area contributed by atoms with E-state index in [2.05, 4.69) is 10.5 Å². The first-order valence-corrected chi connectivity index (χ1v) is 6.09. The van der Waals surface area contributed by atoms with Crippen LogP contribution in [0.1, 0.15) is 6.92 Å². The molecule has 1 fully saturated rings. The van der Waals surface area contributed by atoms with Crippen molar-refractivity contribution < 1.29 is 19.3 Å². The zero-order valence-corrected chi connectivity index (χ0v) is 11.3. The number of urea groups is 1. The number of nitro groups is 1. The van der Waals surface area contributed by atoms with Gasteiger partial charge in [-0.2, -0.15) is 5.10 Å². The Balaban J connectivity index is 2.09. The molecule has 1 aromatic rings. The summed E-state index contributed by atoms with van der Waals surface area (Å²) < 4.78 is 0. The molecule has 1 aliphatic heterocycles. The van der Waals surface area contributed by atoms with Crippen molar-refractivity contribution >= 4 is 34.9 Å². The number of hydrogen-bond acceptors (Lipinski definition) is 7. The maximum absolute atomic E-state index is 11.6. The summed E-state index contributed by atoms with van der Waals surface area (Å²) in [6.07, 6.45) is 0. The molecule has 1 aliphatic rings. The monoisotopic (exact) mass is 305 g/mol. The molecule has 0 unspecified atom stereocenters. The Labute approximate surface area is 123 Å². The Morgan fingerprint density at radius 3 is 2.23 bits per heavy atom. The van der Waals surface area contributed by atoms with Crippen molar-refractivity contribution in [3.63, 3.8) is 0 Å². The largest absolute Gasteiger partial charge is 0.328 e. The minimum absolute atomic E-state index is 0.0733. The zero-order chi connectivity index (χ0) is 16.3. The predicted octanol–water partition coefficient (Wildman–Crippen LogP) is 0.365. The van der Waals surface area contributed by atoms with Crippen molar-refractivity contribution in [3.05, 3.63) is 34.4 Å². The highest BCUT2D eigenvalue weighted by atomic mass is 16.6. The average molecular weight is 305 g/mol. The van der Waals surface area contributed by atoms with Crippen molar-refractivity contribution in [3.8, 4) is 0 Å². The van der Waals surface area contributed by atoms with E-state index in [9.17, 15) is 24.5 Å². The summed E-state index contributed by atoms with van der Waals surface area (Å²) >= 11 is 0. The summed E-state index contributed by atoms with van der Waals surface area (Å²) in [6.45, 7) is 1.44. The molecule has 1 aromatic carbocycles. The summed E-state index contributed by atoms with van der Waals surface area (Å²) in [5, 5.41) is 18.3. The fourth-order valence-corrected chi connectivity index (χ4v) is 1.77. The molecule has 0 saturated carbocycles. The molecule has 0 radical (unpaired) electrons. The Hall–Kier alpha value is -3.30. The van der Waals surface area contributed by atoms with Gasteiger partial charge in [0, 0.05) is 12.1 Å². The number of carbonyl (C=O) groups excluding carboxylic acids is 3. The third-order valence-electron chi connectivity index (χ3n) is 2.86. The number of barbiturate groups is 1. The second-order valence-corrected chi connectivity index (χ2v) is 4.41. The minimum Gasteiger partial charge on any atom is -0.279 e. The van der Waals surface area contributed by atoms with Gasteiger partial charge >= 0.3 is 6.03 Å². The minimum atomic E-state index is -1.22. The van der Waals surface area contributed by atoms with E-state index in [1.807, 2.05) is 10.6 Å². The number of imide groups is 2. The van der Waals surface area contributed by atoms with Gasteiger partial charge in [-0.3, -0.25) is 35.8 Å². The van der Waals surface area contributed by atoms with Crippen LogP contribution in [-0.2, 0) is 9.59 Å². The highest BCUT2D eigenvalue weighted by molar-refractivity contribution is 6.27. The fraction of sp³-hybridized carbons (Fsp3) is 0.167. The highest BCUT2D eigenvalue weighted by Crippen LogP contribution is 2.15. The number of amides is 4. The van der Waals surface area contributed by atoms with Gasteiger partial charge < -0.3 is 0 Å². The first kappa shape index (κ1) is 15.1. The van der Waals surface area contributed by atoms with Crippen LogP contribution in [0.3, 0.4) is 0 Å². The van der Waals surface area contributed by atoms with Crippen LogP contribution in [0.2, 0.25) is 0 Å². The number of carbonyl (C=O) groups is 3. The first-order valence-electron chi connectivity index (χ1n) is 6.09. The van der Waals surface area contributed by atoms with Crippen LogP contribution in [-0.4, -0.2) is 28.5 Å². The summed E-state index contributed by atoms with van der Waals surface area (Å²) in [7, 11) is 0. The van der Waals surface area contributed by atoms with E-state index in [1.165, 1.54) is 31.2 Å². The number of anilines is 1. The summed E-state index contributed by atoms with van der Waals surface area (Å²) in [6, 6.07) is 4.55. The normalized spacial score (nSPS) is 16.0. The average Bonchev–Trinajstić information content (AvgIpc) is 2.44. The van der Waals surface area contributed by atoms with Crippen LogP contribution < -0.4 is 16.1 Å².